The van der Waals surface area contributed by atoms with Gasteiger partial charge >= 0.3 is 18.0 Å². The maximum absolute atomic E-state index is 13.3. The van der Waals surface area contributed by atoms with Crippen molar-refractivity contribution in [2.75, 3.05) is 58.1 Å². The first-order valence-electron chi connectivity index (χ1n) is 22.8. The molecule has 12 N–H and O–H groups in total. The van der Waals surface area contributed by atoms with Gasteiger partial charge in [-0.1, -0.05) is 36.4 Å². The third-order valence-corrected chi connectivity index (χ3v) is 10.6. The smallest absolute Gasteiger partial charge is 0.323 e. The van der Waals surface area contributed by atoms with Crippen LogP contribution in [0.3, 0.4) is 0 Å². The van der Waals surface area contributed by atoms with E-state index in [-0.39, 0.29) is 46.7 Å². The van der Waals surface area contributed by atoms with E-state index in [0.717, 1.165) is 0 Å². The fraction of sp³-hybridized carbons (Fsp3) is 0.157. The minimum Gasteiger partial charge on any atom is -0.480 e. The number of hydrogen-bond acceptors (Lipinski definition) is 11. The Kier molecular flexibility index (Phi) is 18.5. The summed E-state index contributed by atoms with van der Waals surface area (Å²) in [4.78, 5) is 136. The Morgan fingerprint density at radius 3 is 1.11 bits per heavy atom. The zero-order valence-corrected chi connectivity index (χ0v) is 40.6. The average molecular weight is 1040 g/mol. The molecule has 0 atom stereocenters. The summed E-state index contributed by atoms with van der Waals surface area (Å²) in [6.07, 6.45) is 2.81. The third kappa shape index (κ3) is 16.8. The SMILES string of the molecule is Cn1cc(NC(=O)c2cccc(NC(=O)Nc3cccc(C(=O)Nc4cc(C(=O)Nc5cccc(CC(=O)NCC(=O)NCC(=O)O)c5)n(C)c4)c3)c2)cc1C(=O)Nc1cccc(CC(=O)NCC(=O)NCC(=O)O)c1. The number of carbonyl (C=O) groups is 11. The van der Waals surface area contributed by atoms with Crippen molar-refractivity contribution in [1.29, 1.82) is 0 Å². The van der Waals surface area contributed by atoms with Gasteiger partial charge < -0.3 is 72.5 Å². The normalized spacial score (nSPS) is 10.4. The number of hydrogen-bond donors (Lipinski definition) is 12. The van der Waals surface area contributed by atoms with Crippen LogP contribution in [0.4, 0.5) is 38.9 Å². The van der Waals surface area contributed by atoms with Crippen molar-refractivity contribution >= 4 is 99.4 Å². The molecule has 0 saturated carbocycles. The summed E-state index contributed by atoms with van der Waals surface area (Å²) in [5, 5.41) is 42.7. The van der Waals surface area contributed by atoms with Crippen LogP contribution in [0.2, 0.25) is 0 Å². The molecule has 25 nitrogen and oxygen atoms in total. The molecule has 6 rings (SSSR count). The second-order valence-corrected chi connectivity index (χ2v) is 16.7. The highest BCUT2D eigenvalue weighted by atomic mass is 16.4. The van der Waals surface area contributed by atoms with E-state index >= 15 is 0 Å². The molecule has 4 aromatic carbocycles. The van der Waals surface area contributed by atoms with Gasteiger partial charge in [-0.15, -0.1) is 0 Å². The second kappa shape index (κ2) is 25.7. The number of benzene rings is 4. The van der Waals surface area contributed by atoms with E-state index in [4.69, 9.17) is 10.2 Å². The first kappa shape index (κ1) is 54.7. The highest BCUT2D eigenvalue weighted by Crippen LogP contribution is 2.21. The van der Waals surface area contributed by atoms with Gasteiger partial charge in [0.2, 0.25) is 23.6 Å². The molecule has 76 heavy (non-hydrogen) atoms. The van der Waals surface area contributed by atoms with Crippen molar-refractivity contribution in [3.8, 4) is 0 Å². The molecule has 0 fully saturated rings. The number of carboxylic acid groups (broad SMARTS) is 2. The highest BCUT2D eigenvalue weighted by Gasteiger charge is 2.19. The van der Waals surface area contributed by atoms with Crippen LogP contribution in [-0.2, 0) is 55.7 Å². The van der Waals surface area contributed by atoms with Gasteiger partial charge in [0.25, 0.3) is 23.6 Å². The number of nitrogens with one attached hydrogen (secondary N) is 10. The highest BCUT2D eigenvalue weighted by molar-refractivity contribution is 6.10. The fourth-order valence-corrected chi connectivity index (χ4v) is 7.13. The minimum absolute atomic E-state index is 0.125. The average Bonchev–Trinajstić information content (AvgIpc) is 3.94. The Morgan fingerprint density at radius 1 is 0.382 bits per heavy atom. The molecule has 2 aromatic heterocycles. The van der Waals surface area contributed by atoms with Crippen LogP contribution in [0.5, 0.6) is 0 Å². The Morgan fingerprint density at radius 2 is 0.724 bits per heavy atom. The van der Waals surface area contributed by atoms with Crippen LogP contribution in [0.25, 0.3) is 0 Å². The van der Waals surface area contributed by atoms with Gasteiger partial charge in [0.05, 0.1) is 37.3 Å². The number of aryl methyl sites for hydroxylation is 2. The summed E-state index contributed by atoms with van der Waals surface area (Å²) in [5.74, 6) is -6.93. The molecule has 6 aromatic rings. The molecule has 10 amide bonds. The topological polar surface area (TPSA) is 358 Å². The summed E-state index contributed by atoms with van der Waals surface area (Å²) in [6, 6.07) is 27.3. The third-order valence-electron chi connectivity index (χ3n) is 10.6. The van der Waals surface area contributed by atoms with Crippen molar-refractivity contribution in [2.24, 2.45) is 14.1 Å². The lowest BCUT2D eigenvalue weighted by atomic mass is 10.1. The number of rotatable bonds is 22. The van der Waals surface area contributed by atoms with E-state index in [0.29, 0.717) is 33.9 Å². The molecule has 0 radical (unpaired) electrons. The quantitative estimate of drug-likeness (QED) is 0.0466. The minimum atomic E-state index is -1.22. The Balaban J connectivity index is 0.968. The van der Waals surface area contributed by atoms with Crippen molar-refractivity contribution in [3.05, 3.63) is 155 Å². The van der Waals surface area contributed by atoms with Crippen molar-refractivity contribution in [1.82, 2.24) is 30.4 Å². The molecule has 0 aliphatic heterocycles. The lowest BCUT2D eigenvalue weighted by molar-refractivity contribution is -0.138. The molecule has 392 valence electrons. The van der Waals surface area contributed by atoms with Gasteiger partial charge in [0, 0.05) is 60.4 Å². The van der Waals surface area contributed by atoms with Crippen LogP contribution in [0, 0.1) is 0 Å². The van der Waals surface area contributed by atoms with E-state index in [1.165, 1.54) is 57.9 Å². The molecule has 0 unspecified atom stereocenters. The lowest BCUT2D eigenvalue weighted by Crippen LogP contribution is -2.39. The van der Waals surface area contributed by atoms with Gasteiger partial charge in [0.1, 0.15) is 24.5 Å². The fourth-order valence-electron chi connectivity index (χ4n) is 7.13. The summed E-state index contributed by atoms with van der Waals surface area (Å²) >= 11 is 0. The number of anilines is 6. The van der Waals surface area contributed by atoms with E-state index in [1.807, 2.05) is 0 Å². The van der Waals surface area contributed by atoms with Gasteiger partial charge in [0.15, 0.2) is 0 Å². The van der Waals surface area contributed by atoms with Gasteiger partial charge in [-0.25, -0.2) is 4.79 Å². The molecule has 0 saturated heterocycles. The van der Waals surface area contributed by atoms with Gasteiger partial charge in [-0.05, 0) is 83.9 Å². The molecule has 25 heteroatoms. The molecule has 2 heterocycles. The number of carbonyl (C=O) groups excluding carboxylic acids is 9. The van der Waals surface area contributed by atoms with Crippen LogP contribution >= 0.6 is 0 Å². The molecule has 0 bridgehead atoms. The van der Waals surface area contributed by atoms with Gasteiger partial charge in [-0.3, -0.25) is 47.9 Å². The number of carboxylic acids is 2. The molecule has 0 aliphatic carbocycles. The zero-order chi connectivity index (χ0) is 54.9. The van der Waals surface area contributed by atoms with Crippen LogP contribution in [0.1, 0.15) is 52.8 Å². The predicted molar refractivity (Wildman–Crippen MR) is 276 cm³/mol. The standard InChI is InChI=1S/C51H50N12O13/c1-62-27-37(21-39(62)49(74)56-33-11-3-7-29(15-33)17-41(64)52-23-43(66)54-25-45(68)69)58-47(72)31-9-5-13-35(19-31)60-51(76)61-36-14-6-10-32(20-36)48(73)59-38-22-40(63(2)28-38)50(75)57-34-12-4-8-30(16-34)18-42(65)53-24-44(67)55-26-46(70)71/h3-16,19-22,27-28H,17-18,23-26H2,1-2H3,(H,52,64)(H,53,65)(H,54,66)(H,55,67)(H,56,74)(H,57,75)(H,58,72)(H,59,73)(H,68,69)(H,70,71)(H2,60,61,76). The number of amides is 10. The lowest BCUT2D eigenvalue weighted by Gasteiger charge is -2.10. The largest absolute Gasteiger partial charge is 0.480 e. The number of aliphatic carboxylic acids is 2. The molecular weight excluding hydrogens is 989 g/mol. The Labute approximate surface area is 431 Å². The summed E-state index contributed by atoms with van der Waals surface area (Å²) < 4.78 is 3.00. The van der Waals surface area contributed by atoms with E-state index in [1.54, 1.807) is 86.9 Å². The Bertz CT molecular complexity index is 3040. The first-order valence-corrected chi connectivity index (χ1v) is 22.8. The van der Waals surface area contributed by atoms with Crippen molar-refractivity contribution in [3.63, 3.8) is 0 Å². The van der Waals surface area contributed by atoms with E-state index < -0.39 is 91.4 Å². The van der Waals surface area contributed by atoms with Crippen molar-refractivity contribution in [2.45, 2.75) is 12.8 Å². The molecule has 0 spiro atoms. The van der Waals surface area contributed by atoms with Gasteiger partial charge in [-0.2, -0.15) is 0 Å². The maximum Gasteiger partial charge on any atom is 0.323 e. The summed E-state index contributed by atoms with van der Waals surface area (Å²) in [5.41, 5.74) is 3.58. The number of urea groups is 1. The van der Waals surface area contributed by atoms with Crippen LogP contribution in [-0.4, -0.2) is 111 Å². The van der Waals surface area contributed by atoms with Crippen molar-refractivity contribution < 1.29 is 63.0 Å². The summed E-state index contributed by atoms with van der Waals surface area (Å²) in [7, 11) is 3.21. The van der Waals surface area contributed by atoms with Crippen LogP contribution in [0.15, 0.2) is 122 Å². The molecular formula is C51H50N12O13. The second-order valence-electron chi connectivity index (χ2n) is 16.7. The number of aromatic nitrogens is 2. The zero-order valence-electron chi connectivity index (χ0n) is 40.6. The van der Waals surface area contributed by atoms with E-state index in [9.17, 15) is 52.7 Å². The van der Waals surface area contributed by atoms with E-state index in [2.05, 4.69) is 53.2 Å². The molecule has 0 aliphatic rings. The first-order chi connectivity index (χ1) is 36.3. The maximum atomic E-state index is 13.3. The predicted octanol–water partition coefficient (Wildman–Crippen LogP) is 2.74. The summed E-state index contributed by atoms with van der Waals surface area (Å²) in [6.45, 7) is -1.98. The number of nitrogens with zero attached hydrogens (tertiary/aromatic N) is 2. The monoisotopic (exact) mass is 1040 g/mol. The Hall–Kier alpha value is -10.6. The van der Waals surface area contributed by atoms with Crippen LogP contribution < -0.4 is 53.2 Å².